The van der Waals surface area contributed by atoms with Gasteiger partial charge in [0, 0.05) is 18.3 Å². The smallest absolute Gasteiger partial charge is 0.170 e. The molecule has 2 aromatic rings. The molecule has 0 aromatic heterocycles. The number of hydrogen-bond donors (Lipinski definition) is 2. The highest BCUT2D eigenvalue weighted by atomic mass is 32.1. The van der Waals surface area contributed by atoms with Gasteiger partial charge in [0.15, 0.2) is 5.11 Å². The second kappa shape index (κ2) is 10.7. The Morgan fingerprint density at radius 2 is 1.85 bits per heavy atom. The monoisotopic (exact) mass is 372 g/mol. The van der Waals surface area contributed by atoms with Crippen LogP contribution in [0.1, 0.15) is 32.8 Å². The Morgan fingerprint density at radius 1 is 1.08 bits per heavy atom. The van der Waals surface area contributed by atoms with Crippen molar-refractivity contribution in [3.63, 3.8) is 0 Å². The number of rotatable bonds is 9. The minimum absolute atomic E-state index is 0.202. The predicted octanol–water partition coefficient (Wildman–Crippen LogP) is 4.79. The first kappa shape index (κ1) is 20.0. The number of nitrogens with one attached hydrogen (secondary N) is 2. The lowest BCUT2D eigenvalue weighted by atomic mass is 10.1. The van der Waals surface area contributed by atoms with Gasteiger partial charge in [-0.25, -0.2) is 0 Å². The zero-order chi connectivity index (χ0) is 18.8. The Labute approximate surface area is 161 Å². The summed E-state index contributed by atoms with van der Waals surface area (Å²) >= 11 is 5.35. The molecule has 0 radical (unpaired) electrons. The molecule has 0 unspecified atom stereocenters. The number of anilines is 1. The molecule has 4 nitrogen and oxygen atoms in total. The van der Waals surface area contributed by atoms with Crippen LogP contribution in [-0.2, 0) is 6.42 Å². The van der Waals surface area contributed by atoms with E-state index >= 15 is 0 Å². The molecule has 0 amide bonds. The van der Waals surface area contributed by atoms with Crippen LogP contribution in [0.3, 0.4) is 0 Å². The summed E-state index contributed by atoms with van der Waals surface area (Å²) in [6.07, 6.45) is 2.20. The third-order valence-electron chi connectivity index (χ3n) is 3.63. The molecular weight excluding hydrogens is 344 g/mol. The van der Waals surface area contributed by atoms with E-state index in [1.165, 1.54) is 5.56 Å². The summed E-state index contributed by atoms with van der Waals surface area (Å²) in [5.74, 6) is 1.76. The maximum absolute atomic E-state index is 5.66. The number of aryl methyl sites for hydroxylation is 1. The quantitative estimate of drug-likeness (QED) is 0.489. The van der Waals surface area contributed by atoms with Gasteiger partial charge in [0.1, 0.15) is 11.5 Å². The number of ether oxygens (including phenoxy) is 2. The summed E-state index contributed by atoms with van der Waals surface area (Å²) in [4.78, 5) is 0. The first-order valence-corrected chi connectivity index (χ1v) is 9.51. The van der Waals surface area contributed by atoms with E-state index in [0.29, 0.717) is 11.7 Å². The Hall–Kier alpha value is -2.27. The molecule has 5 heteroatoms. The summed E-state index contributed by atoms with van der Waals surface area (Å²) in [7, 11) is 0. The van der Waals surface area contributed by atoms with Crippen molar-refractivity contribution >= 4 is 23.0 Å². The van der Waals surface area contributed by atoms with Gasteiger partial charge in [-0.3, -0.25) is 0 Å². The van der Waals surface area contributed by atoms with Crippen LogP contribution >= 0.6 is 12.2 Å². The van der Waals surface area contributed by atoms with E-state index in [1.807, 2.05) is 57.2 Å². The van der Waals surface area contributed by atoms with Crippen molar-refractivity contribution in [1.82, 2.24) is 5.32 Å². The maximum Gasteiger partial charge on any atom is 0.170 e. The fourth-order valence-electron chi connectivity index (χ4n) is 2.51. The van der Waals surface area contributed by atoms with Crippen LogP contribution in [0.5, 0.6) is 11.5 Å². The van der Waals surface area contributed by atoms with Gasteiger partial charge in [0.2, 0.25) is 0 Å². The standard InChI is InChI=1S/C21H28N2O2S/c1-4-24-20-9-5-8-18(15-20)23-21(26)22-14-6-7-17-10-12-19(13-11-17)25-16(2)3/h5,8-13,15-16H,4,6-7,14H2,1-3H3,(H2,22,23,26). The first-order chi connectivity index (χ1) is 12.6. The summed E-state index contributed by atoms with van der Waals surface area (Å²) in [5.41, 5.74) is 2.22. The second-order valence-electron chi connectivity index (χ2n) is 6.26. The van der Waals surface area contributed by atoms with Gasteiger partial charge in [-0.05, 0) is 75.7 Å². The Kier molecular flexibility index (Phi) is 8.22. The molecule has 2 rings (SSSR count). The lowest BCUT2D eigenvalue weighted by Crippen LogP contribution is -2.29. The molecule has 0 spiro atoms. The highest BCUT2D eigenvalue weighted by molar-refractivity contribution is 7.80. The molecule has 140 valence electrons. The Morgan fingerprint density at radius 3 is 2.54 bits per heavy atom. The largest absolute Gasteiger partial charge is 0.494 e. The number of hydrogen-bond acceptors (Lipinski definition) is 3. The molecule has 2 aromatic carbocycles. The van der Waals surface area contributed by atoms with Crippen LogP contribution < -0.4 is 20.1 Å². The predicted molar refractivity (Wildman–Crippen MR) is 112 cm³/mol. The van der Waals surface area contributed by atoms with Crippen molar-refractivity contribution in [1.29, 1.82) is 0 Å². The van der Waals surface area contributed by atoms with Crippen LogP contribution in [0.2, 0.25) is 0 Å². The lowest BCUT2D eigenvalue weighted by Gasteiger charge is -2.12. The highest BCUT2D eigenvalue weighted by Crippen LogP contribution is 2.17. The molecule has 0 aliphatic carbocycles. The fourth-order valence-corrected chi connectivity index (χ4v) is 2.73. The van der Waals surface area contributed by atoms with Crippen molar-refractivity contribution < 1.29 is 9.47 Å². The van der Waals surface area contributed by atoms with E-state index in [2.05, 4.69) is 22.8 Å². The summed E-state index contributed by atoms with van der Waals surface area (Å²) < 4.78 is 11.2. The zero-order valence-corrected chi connectivity index (χ0v) is 16.6. The molecule has 0 atom stereocenters. The first-order valence-electron chi connectivity index (χ1n) is 9.10. The van der Waals surface area contributed by atoms with Crippen molar-refractivity contribution in [3.05, 3.63) is 54.1 Å². The maximum atomic E-state index is 5.66. The van der Waals surface area contributed by atoms with Gasteiger partial charge in [-0.15, -0.1) is 0 Å². The van der Waals surface area contributed by atoms with Gasteiger partial charge < -0.3 is 20.1 Å². The second-order valence-corrected chi connectivity index (χ2v) is 6.66. The lowest BCUT2D eigenvalue weighted by molar-refractivity contribution is 0.242. The van der Waals surface area contributed by atoms with Gasteiger partial charge in [0.25, 0.3) is 0 Å². The highest BCUT2D eigenvalue weighted by Gasteiger charge is 2.01. The minimum Gasteiger partial charge on any atom is -0.494 e. The summed E-state index contributed by atoms with van der Waals surface area (Å²) in [5, 5.41) is 7.06. The zero-order valence-electron chi connectivity index (χ0n) is 15.7. The molecule has 2 N–H and O–H groups in total. The summed E-state index contributed by atoms with van der Waals surface area (Å²) in [6, 6.07) is 16.1. The van der Waals surface area contributed by atoms with E-state index in [1.54, 1.807) is 0 Å². The molecule has 26 heavy (non-hydrogen) atoms. The van der Waals surface area contributed by atoms with Crippen LogP contribution in [0.25, 0.3) is 0 Å². The van der Waals surface area contributed by atoms with Crippen LogP contribution in [0.4, 0.5) is 5.69 Å². The van der Waals surface area contributed by atoms with E-state index in [4.69, 9.17) is 21.7 Å². The molecule has 0 fully saturated rings. The number of benzene rings is 2. The van der Waals surface area contributed by atoms with Crippen LogP contribution in [0.15, 0.2) is 48.5 Å². The van der Waals surface area contributed by atoms with Crippen molar-refractivity contribution in [2.24, 2.45) is 0 Å². The van der Waals surface area contributed by atoms with Crippen molar-refractivity contribution in [2.75, 3.05) is 18.5 Å². The Balaban J connectivity index is 1.69. The molecule has 0 saturated heterocycles. The normalized spacial score (nSPS) is 10.5. The van der Waals surface area contributed by atoms with Gasteiger partial charge in [-0.1, -0.05) is 18.2 Å². The van der Waals surface area contributed by atoms with Crippen LogP contribution in [-0.4, -0.2) is 24.4 Å². The van der Waals surface area contributed by atoms with Crippen molar-refractivity contribution in [2.45, 2.75) is 39.7 Å². The molecule has 0 heterocycles. The van der Waals surface area contributed by atoms with E-state index in [0.717, 1.165) is 36.6 Å². The average Bonchev–Trinajstić information content (AvgIpc) is 2.60. The van der Waals surface area contributed by atoms with Gasteiger partial charge in [0.05, 0.1) is 12.7 Å². The van der Waals surface area contributed by atoms with Gasteiger partial charge in [-0.2, -0.15) is 0 Å². The van der Waals surface area contributed by atoms with Crippen LogP contribution in [0, 0.1) is 0 Å². The third kappa shape index (κ3) is 7.31. The topological polar surface area (TPSA) is 42.5 Å². The fraction of sp³-hybridized carbons (Fsp3) is 0.381. The average molecular weight is 373 g/mol. The molecular formula is C21H28N2O2S. The number of thiocarbonyl (C=S) groups is 1. The molecule has 0 saturated carbocycles. The summed E-state index contributed by atoms with van der Waals surface area (Å²) in [6.45, 7) is 7.50. The van der Waals surface area contributed by atoms with E-state index in [9.17, 15) is 0 Å². The molecule has 0 bridgehead atoms. The van der Waals surface area contributed by atoms with E-state index in [-0.39, 0.29) is 6.10 Å². The molecule has 0 aliphatic rings. The van der Waals surface area contributed by atoms with Gasteiger partial charge >= 0.3 is 0 Å². The van der Waals surface area contributed by atoms with Crippen molar-refractivity contribution in [3.8, 4) is 11.5 Å². The minimum atomic E-state index is 0.202. The Bertz CT molecular complexity index is 687. The molecule has 0 aliphatic heterocycles. The third-order valence-corrected chi connectivity index (χ3v) is 3.87. The SMILES string of the molecule is CCOc1cccc(NC(=S)NCCCc2ccc(OC(C)C)cc2)c1. The van der Waals surface area contributed by atoms with E-state index < -0.39 is 0 Å².